The lowest BCUT2D eigenvalue weighted by atomic mass is 9.97. The van der Waals surface area contributed by atoms with Gasteiger partial charge in [0, 0.05) is 17.5 Å². The Morgan fingerprint density at radius 2 is 1.81 bits per heavy atom. The summed E-state index contributed by atoms with van der Waals surface area (Å²) in [7, 11) is 0. The number of hydrogen-bond donors (Lipinski definition) is 0. The van der Waals surface area contributed by atoms with E-state index in [1.807, 2.05) is 55.0 Å². The normalized spacial score (nSPS) is 15.5. The molecule has 2 heterocycles. The van der Waals surface area contributed by atoms with Crippen molar-refractivity contribution in [1.29, 1.82) is 0 Å². The molecule has 0 spiro atoms. The van der Waals surface area contributed by atoms with Gasteiger partial charge in [-0.25, -0.2) is 4.98 Å². The van der Waals surface area contributed by atoms with E-state index < -0.39 is 0 Å². The number of carbonyl (C=O) groups excluding carboxylic acids is 1. The first-order chi connectivity index (χ1) is 10.3. The summed E-state index contributed by atoms with van der Waals surface area (Å²) in [6.07, 6.45) is 4.15. The topological polar surface area (TPSA) is 34.9 Å². The number of fused-ring (bicyclic) bond motifs is 3. The fourth-order valence-corrected chi connectivity index (χ4v) is 3.06. The fraction of sp³-hybridized carbons (Fsp3) is 0.111. The van der Waals surface area contributed by atoms with Gasteiger partial charge in [-0.05, 0) is 5.56 Å². The molecule has 4 rings (SSSR count). The smallest absolute Gasteiger partial charge is 0.165 e. The Labute approximate surface area is 122 Å². The van der Waals surface area contributed by atoms with Crippen molar-refractivity contribution in [1.82, 2.24) is 9.55 Å². The summed E-state index contributed by atoms with van der Waals surface area (Å²) in [5.74, 6) is 0.164. The van der Waals surface area contributed by atoms with Crippen molar-refractivity contribution < 1.29 is 4.79 Å². The lowest BCUT2D eigenvalue weighted by Gasteiger charge is -2.13. The maximum atomic E-state index is 12.5. The molecule has 0 saturated carbocycles. The SMILES string of the molecule is O=C(CC1c2ccccc2-c2cncn21)c1ccccc1. The molecule has 0 radical (unpaired) electrons. The summed E-state index contributed by atoms with van der Waals surface area (Å²) in [6.45, 7) is 0. The number of Topliss-reactive ketones (excluding diaryl/α,β-unsaturated/α-hetero) is 1. The van der Waals surface area contributed by atoms with Gasteiger partial charge in [-0.2, -0.15) is 0 Å². The summed E-state index contributed by atoms with van der Waals surface area (Å²) in [5, 5.41) is 0. The van der Waals surface area contributed by atoms with E-state index in [4.69, 9.17) is 0 Å². The Morgan fingerprint density at radius 3 is 2.67 bits per heavy atom. The minimum atomic E-state index is 0.0476. The summed E-state index contributed by atoms with van der Waals surface area (Å²) < 4.78 is 2.10. The molecule has 0 amide bonds. The van der Waals surface area contributed by atoms with Crippen LogP contribution in [0.1, 0.15) is 28.4 Å². The van der Waals surface area contributed by atoms with Crippen LogP contribution in [0.3, 0.4) is 0 Å². The van der Waals surface area contributed by atoms with Gasteiger partial charge in [0.2, 0.25) is 0 Å². The predicted octanol–water partition coefficient (Wildman–Crippen LogP) is 3.73. The third-order valence-electron chi connectivity index (χ3n) is 4.07. The molecule has 3 aromatic rings. The second-order valence-corrected chi connectivity index (χ2v) is 5.28. The highest BCUT2D eigenvalue weighted by molar-refractivity contribution is 5.96. The van der Waals surface area contributed by atoms with Gasteiger partial charge in [0.25, 0.3) is 0 Å². The van der Waals surface area contributed by atoms with Crippen molar-refractivity contribution in [2.45, 2.75) is 12.5 Å². The van der Waals surface area contributed by atoms with Gasteiger partial charge < -0.3 is 4.57 Å². The van der Waals surface area contributed by atoms with Gasteiger partial charge >= 0.3 is 0 Å². The number of ketones is 1. The first-order valence-electron chi connectivity index (χ1n) is 7.04. The summed E-state index contributed by atoms with van der Waals surface area (Å²) >= 11 is 0. The van der Waals surface area contributed by atoms with Gasteiger partial charge in [0.15, 0.2) is 5.78 Å². The molecule has 1 atom stereocenters. The molecule has 1 unspecified atom stereocenters. The molecule has 21 heavy (non-hydrogen) atoms. The van der Waals surface area contributed by atoms with Gasteiger partial charge in [-0.1, -0.05) is 54.6 Å². The standard InChI is InChI=1S/C18H14N2O/c21-18(13-6-2-1-3-7-13)10-16-14-8-4-5-9-15(14)17-11-19-12-20(16)17/h1-9,11-12,16H,10H2. The van der Waals surface area contributed by atoms with Crippen LogP contribution in [0.15, 0.2) is 67.1 Å². The number of benzene rings is 2. The summed E-state index contributed by atoms with van der Waals surface area (Å²) in [4.78, 5) is 16.7. The largest absolute Gasteiger partial charge is 0.322 e. The monoisotopic (exact) mass is 274 g/mol. The molecule has 1 aromatic heterocycles. The van der Waals surface area contributed by atoms with E-state index in [0.717, 1.165) is 11.3 Å². The summed E-state index contributed by atoms with van der Waals surface area (Å²) in [5.41, 5.74) is 4.25. The van der Waals surface area contributed by atoms with E-state index in [2.05, 4.69) is 21.7 Å². The van der Waals surface area contributed by atoms with Gasteiger partial charge in [0.1, 0.15) is 0 Å². The van der Waals surface area contributed by atoms with E-state index in [0.29, 0.717) is 6.42 Å². The van der Waals surface area contributed by atoms with Crippen molar-refractivity contribution in [2.24, 2.45) is 0 Å². The van der Waals surface area contributed by atoms with E-state index in [1.165, 1.54) is 11.1 Å². The molecule has 0 fully saturated rings. The van der Waals surface area contributed by atoms with E-state index in [1.54, 1.807) is 0 Å². The van der Waals surface area contributed by atoms with Gasteiger partial charge in [0.05, 0.1) is 24.3 Å². The average molecular weight is 274 g/mol. The predicted molar refractivity (Wildman–Crippen MR) is 81.2 cm³/mol. The van der Waals surface area contributed by atoms with Crippen LogP contribution in [0.2, 0.25) is 0 Å². The van der Waals surface area contributed by atoms with Crippen LogP contribution in [0.5, 0.6) is 0 Å². The van der Waals surface area contributed by atoms with Crippen LogP contribution in [0.4, 0.5) is 0 Å². The Balaban J connectivity index is 1.72. The molecule has 1 aliphatic rings. The van der Waals surface area contributed by atoms with Crippen molar-refractivity contribution in [3.8, 4) is 11.3 Å². The molecule has 1 aliphatic heterocycles. The molecule has 0 bridgehead atoms. The van der Waals surface area contributed by atoms with Crippen molar-refractivity contribution >= 4 is 5.78 Å². The number of rotatable bonds is 3. The lowest BCUT2D eigenvalue weighted by Crippen LogP contribution is -2.11. The zero-order valence-corrected chi connectivity index (χ0v) is 11.4. The molecular formula is C18H14N2O. The van der Waals surface area contributed by atoms with E-state index >= 15 is 0 Å². The Hall–Kier alpha value is -2.68. The molecule has 102 valence electrons. The summed E-state index contributed by atoms with van der Waals surface area (Å²) in [6, 6.07) is 17.8. The molecule has 3 nitrogen and oxygen atoms in total. The molecular weight excluding hydrogens is 260 g/mol. The highest BCUT2D eigenvalue weighted by Crippen LogP contribution is 2.40. The Morgan fingerprint density at radius 1 is 1.05 bits per heavy atom. The highest BCUT2D eigenvalue weighted by Gasteiger charge is 2.29. The Kier molecular flexibility index (Phi) is 2.71. The second-order valence-electron chi connectivity index (χ2n) is 5.28. The molecule has 0 N–H and O–H groups in total. The first kappa shape index (κ1) is 12.1. The minimum absolute atomic E-state index is 0.0476. The number of imidazole rings is 1. The Bertz CT molecular complexity index is 805. The van der Waals surface area contributed by atoms with Gasteiger partial charge in [-0.15, -0.1) is 0 Å². The number of nitrogens with zero attached hydrogens (tertiary/aromatic N) is 2. The third kappa shape index (κ3) is 1.89. The number of aromatic nitrogens is 2. The van der Waals surface area contributed by atoms with Crippen LogP contribution in [-0.4, -0.2) is 15.3 Å². The fourth-order valence-electron chi connectivity index (χ4n) is 3.06. The van der Waals surface area contributed by atoms with Crippen molar-refractivity contribution in [2.75, 3.05) is 0 Å². The quantitative estimate of drug-likeness (QED) is 0.682. The maximum absolute atomic E-state index is 12.5. The van der Waals surface area contributed by atoms with E-state index in [9.17, 15) is 4.79 Å². The molecule has 3 heteroatoms. The van der Waals surface area contributed by atoms with Crippen molar-refractivity contribution in [3.05, 3.63) is 78.2 Å². The third-order valence-corrected chi connectivity index (χ3v) is 4.07. The zero-order valence-electron chi connectivity index (χ0n) is 11.4. The van der Waals surface area contributed by atoms with Crippen LogP contribution < -0.4 is 0 Å². The number of carbonyl (C=O) groups is 1. The zero-order chi connectivity index (χ0) is 14.2. The van der Waals surface area contributed by atoms with Crippen molar-refractivity contribution in [3.63, 3.8) is 0 Å². The van der Waals surface area contributed by atoms with Crippen LogP contribution >= 0.6 is 0 Å². The number of hydrogen-bond acceptors (Lipinski definition) is 2. The van der Waals surface area contributed by atoms with Crippen LogP contribution in [-0.2, 0) is 0 Å². The second kappa shape index (κ2) is 4.70. The van der Waals surface area contributed by atoms with Crippen LogP contribution in [0.25, 0.3) is 11.3 Å². The molecule has 0 aliphatic carbocycles. The minimum Gasteiger partial charge on any atom is -0.322 e. The lowest BCUT2D eigenvalue weighted by molar-refractivity contribution is 0.0970. The van der Waals surface area contributed by atoms with E-state index in [-0.39, 0.29) is 11.8 Å². The first-order valence-corrected chi connectivity index (χ1v) is 7.04. The maximum Gasteiger partial charge on any atom is 0.165 e. The molecule has 2 aromatic carbocycles. The molecule has 0 saturated heterocycles. The van der Waals surface area contributed by atoms with Gasteiger partial charge in [-0.3, -0.25) is 4.79 Å². The average Bonchev–Trinajstić information content (AvgIpc) is 3.11. The van der Waals surface area contributed by atoms with Crippen LogP contribution in [0, 0.1) is 0 Å². The highest BCUT2D eigenvalue weighted by atomic mass is 16.1.